The number of aliphatic hydroxyl groups excluding tert-OH is 1. The number of hydrogen-bond acceptors (Lipinski definition) is 6. The number of methoxy groups -OCH3 is 2. The van der Waals surface area contributed by atoms with Gasteiger partial charge in [-0.25, -0.2) is 0 Å². The van der Waals surface area contributed by atoms with Crippen molar-refractivity contribution >= 4 is 31.5 Å². The van der Waals surface area contributed by atoms with E-state index in [9.17, 15) is 5.11 Å². The van der Waals surface area contributed by atoms with Gasteiger partial charge in [-0.1, -0.05) is 32.5 Å². The van der Waals surface area contributed by atoms with Crippen LogP contribution in [-0.2, 0) is 17.6 Å². The number of rotatable bonds is 6. The van der Waals surface area contributed by atoms with Crippen molar-refractivity contribution in [2.45, 2.75) is 61.9 Å². The van der Waals surface area contributed by atoms with Gasteiger partial charge in [0, 0.05) is 28.0 Å². The molecule has 2 aromatic carbocycles. The molecule has 164 valence electrons. The predicted molar refractivity (Wildman–Crippen MR) is 126 cm³/mol. The van der Waals surface area contributed by atoms with Gasteiger partial charge < -0.3 is 23.9 Å². The largest absolute Gasteiger partial charge is 0.496 e. The lowest BCUT2D eigenvalue weighted by molar-refractivity contribution is 0.266. The van der Waals surface area contributed by atoms with Crippen molar-refractivity contribution < 1.29 is 19.0 Å². The Morgan fingerprint density at radius 3 is 1.90 bits per heavy atom. The molecule has 2 aromatic rings. The summed E-state index contributed by atoms with van der Waals surface area (Å²) < 4.78 is 17.8. The van der Waals surface area contributed by atoms with Gasteiger partial charge in [0.2, 0.25) is 0 Å². The molecule has 1 N–H and O–H groups in total. The van der Waals surface area contributed by atoms with Gasteiger partial charge in [-0.2, -0.15) is 0 Å². The van der Waals surface area contributed by atoms with E-state index in [2.05, 4.69) is 51.9 Å². The zero-order chi connectivity index (χ0) is 22.3. The highest BCUT2D eigenvalue weighted by Crippen LogP contribution is 2.53. The van der Waals surface area contributed by atoms with Crippen LogP contribution in [0.1, 0.15) is 31.9 Å². The average molecular weight is 448 g/mol. The fourth-order valence-corrected chi connectivity index (χ4v) is 5.65. The van der Waals surface area contributed by atoms with Crippen LogP contribution in [0.5, 0.6) is 11.5 Å². The van der Waals surface area contributed by atoms with E-state index in [0.717, 1.165) is 38.0 Å². The summed E-state index contributed by atoms with van der Waals surface area (Å²) in [6.07, 6.45) is 0. The molecule has 0 unspecified atom stereocenters. The first-order chi connectivity index (χ1) is 14.1. The van der Waals surface area contributed by atoms with Crippen LogP contribution >= 0.6 is 11.8 Å². The zero-order valence-corrected chi connectivity index (χ0v) is 21.1. The summed E-state index contributed by atoms with van der Waals surface area (Å²) in [7, 11) is 3.46. The molecule has 30 heavy (non-hydrogen) atoms. The Hall–Kier alpha value is -1.67. The average Bonchev–Trinajstić information content (AvgIpc) is 2.70. The van der Waals surface area contributed by atoms with Crippen LogP contribution in [0.2, 0.25) is 18.1 Å². The van der Waals surface area contributed by atoms with Crippen LogP contribution in [0.25, 0.3) is 0 Å². The normalized spacial score (nSPS) is 13.7. The molecule has 0 amide bonds. The molecule has 0 saturated heterocycles. The van der Waals surface area contributed by atoms with Crippen molar-refractivity contribution in [2.24, 2.45) is 0 Å². The summed E-state index contributed by atoms with van der Waals surface area (Å²) >= 11 is 1.65. The van der Waals surface area contributed by atoms with Gasteiger partial charge in [-0.05, 0) is 42.4 Å². The maximum absolute atomic E-state index is 10.1. The number of fused-ring (bicyclic) bond motifs is 2. The minimum atomic E-state index is -1.93. The number of aliphatic hydroxyl groups is 1. The van der Waals surface area contributed by atoms with Crippen molar-refractivity contribution in [1.29, 1.82) is 0 Å². The maximum atomic E-state index is 10.1. The van der Waals surface area contributed by atoms with Crippen molar-refractivity contribution in [2.75, 3.05) is 26.2 Å². The Kier molecular flexibility index (Phi) is 6.48. The van der Waals surface area contributed by atoms with Crippen LogP contribution in [0.15, 0.2) is 34.1 Å². The Labute approximate surface area is 185 Å². The third-order valence-corrected chi connectivity index (χ3v) is 12.1. The van der Waals surface area contributed by atoms with Gasteiger partial charge in [-0.15, -0.1) is 0 Å². The molecule has 0 spiro atoms. The number of ether oxygens (including phenoxy) is 2. The number of hydrogen-bond donors (Lipinski definition) is 1. The molecule has 3 rings (SSSR count). The number of anilines is 2. The van der Waals surface area contributed by atoms with Crippen molar-refractivity contribution in [3.05, 3.63) is 35.4 Å². The Bertz CT molecular complexity index is 940. The molecular weight excluding hydrogens is 414 g/mol. The second-order valence-electron chi connectivity index (χ2n) is 9.06. The molecule has 0 aliphatic carbocycles. The van der Waals surface area contributed by atoms with E-state index < -0.39 is 8.32 Å². The lowest BCUT2D eigenvalue weighted by Crippen LogP contribution is -2.40. The lowest BCUT2D eigenvalue weighted by Gasteiger charge is -2.37. The van der Waals surface area contributed by atoms with Gasteiger partial charge in [0.05, 0.1) is 38.8 Å². The highest BCUT2D eigenvalue weighted by atomic mass is 32.2. The fraction of sp³-hybridized carbons (Fsp3) is 0.478. The molecule has 0 saturated carbocycles. The van der Waals surface area contributed by atoms with Crippen molar-refractivity contribution in [1.82, 2.24) is 0 Å². The monoisotopic (exact) mass is 447 g/mol. The van der Waals surface area contributed by atoms with Crippen molar-refractivity contribution in [3.8, 4) is 11.5 Å². The van der Waals surface area contributed by atoms with Gasteiger partial charge in [0.1, 0.15) is 11.5 Å². The second-order valence-corrected chi connectivity index (χ2v) is 14.9. The van der Waals surface area contributed by atoms with Crippen LogP contribution in [0.4, 0.5) is 11.4 Å². The first-order valence-electron chi connectivity index (χ1n) is 10.1. The van der Waals surface area contributed by atoms with Gasteiger partial charge in [0.25, 0.3) is 0 Å². The fourth-order valence-electron chi connectivity index (χ4n) is 3.32. The van der Waals surface area contributed by atoms with E-state index in [4.69, 9.17) is 13.9 Å². The Balaban J connectivity index is 2.09. The summed E-state index contributed by atoms with van der Waals surface area (Å²) in [5.74, 6) is 1.52. The second kappa shape index (κ2) is 8.46. The number of nitrogens with zero attached hydrogens (tertiary/aromatic N) is 1. The smallest absolute Gasteiger partial charge is 0.192 e. The highest BCUT2D eigenvalue weighted by molar-refractivity contribution is 7.99. The van der Waals surface area contributed by atoms with Crippen LogP contribution in [0.3, 0.4) is 0 Å². The Morgan fingerprint density at radius 2 is 1.43 bits per heavy atom. The third-order valence-electron chi connectivity index (χ3n) is 6.30. The van der Waals surface area contributed by atoms with Gasteiger partial charge >= 0.3 is 0 Å². The molecule has 1 aliphatic rings. The predicted octanol–water partition coefficient (Wildman–Crippen LogP) is 5.95. The summed E-state index contributed by atoms with van der Waals surface area (Å²) in [4.78, 5) is 4.27. The van der Waals surface area contributed by atoms with Gasteiger partial charge in [-0.3, -0.25) is 0 Å². The molecule has 0 fully saturated rings. The molecule has 5 nitrogen and oxygen atoms in total. The molecule has 1 aliphatic heterocycles. The first-order valence-corrected chi connectivity index (χ1v) is 13.8. The maximum Gasteiger partial charge on any atom is 0.192 e. The topological polar surface area (TPSA) is 51.2 Å². The van der Waals surface area contributed by atoms with Crippen LogP contribution in [0, 0.1) is 0 Å². The van der Waals surface area contributed by atoms with Crippen LogP contribution in [-0.4, -0.2) is 34.7 Å². The number of benzene rings is 2. The van der Waals surface area contributed by atoms with Crippen molar-refractivity contribution in [3.63, 3.8) is 0 Å². The van der Waals surface area contributed by atoms with Gasteiger partial charge in [0.15, 0.2) is 8.32 Å². The van der Waals surface area contributed by atoms with E-state index in [0.29, 0.717) is 12.4 Å². The van der Waals surface area contributed by atoms with Crippen LogP contribution < -0.4 is 14.4 Å². The third kappa shape index (κ3) is 3.96. The van der Waals surface area contributed by atoms with E-state index in [1.165, 1.54) is 0 Å². The van der Waals surface area contributed by atoms with E-state index in [1.807, 2.05) is 18.2 Å². The standard InChI is InChI=1S/C23H33NO4SSi/c1-23(2,3)30(7,8)28-14-16-20(27-6)12-10-18-22(16)29-21-15(13-25)19(26-5)11-9-17(21)24(18)4/h9-12,25H,13-14H2,1-8H3. The molecular formula is C23H33NO4SSi. The molecule has 1 heterocycles. The highest BCUT2D eigenvalue weighted by Gasteiger charge is 2.38. The molecule has 0 atom stereocenters. The summed E-state index contributed by atoms with van der Waals surface area (Å²) in [5, 5.41) is 10.2. The molecule has 0 aromatic heterocycles. The molecule has 0 radical (unpaired) electrons. The molecule has 7 heteroatoms. The van der Waals surface area contributed by atoms with E-state index in [1.54, 1.807) is 26.0 Å². The first kappa shape index (κ1) is 23.0. The minimum Gasteiger partial charge on any atom is -0.496 e. The van der Waals surface area contributed by atoms with E-state index >= 15 is 0 Å². The zero-order valence-electron chi connectivity index (χ0n) is 19.3. The summed E-state index contributed by atoms with van der Waals surface area (Å²) in [6, 6.07) is 8.06. The lowest BCUT2D eigenvalue weighted by atomic mass is 10.1. The molecule has 0 bridgehead atoms. The minimum absolute atomic E-state index is 0.0811. The summed E-state index contributed by atoms with van der Waals surface area (Å²) in [5.41, 5.74) is 4.01. The van der Waals surface area contributed by atoms with E-state index in [-0.39, 0.29) is 11.6 Å². The summed E-state index contributed by atoms with van der Waals surface area (Å²) in [6.45, 7) is 11.7. The quantitative estimate of drug-likeness (QED) is 0.552. The Morgan fingerprint density at radius 1 is 0.933 bits per heavy atom. The SMILES string of the molecule is COc1ccc2c(c1CO)Sc1c(ccc(OC)c1CO[Si](C)(C)C(C)(C)C)N2C.